The molecule has 39 heavy (non-hydrogen) atoms. The second-order valence-corrected chi connectivity index (χ2v) is 10.1. The van der Waals surface area contributed by atoms with Gasteiger partial charge >= 0.3 is 6.18 Å². The zero-order valence-electron chi connectivity index (χ0n) is 21.5. The van der Waals surface area contributed by atoms with Crippen LogP contribution in [0.2, 0.25) is 0 Å². The minimum atomic E-state index is -4.47. The van der Waals surface area contributed by atoms with Crippen LogP contribution >= 0.6 is 0 Å². The Morgan fingerprint density at radius 2 is 1.79 bits per heavy atom. The molecule has 0 aliphatic carbocycles. The highest BCUT2D eigenvalue weighted by Gasteiger charge is 2.33. The summed E-state index contributed by atoms with van der Waals surface area (Å²) in [6.07, 6.45) is 2.07. The van der Waals surface area contributed by atoms with E-state index in [4.69, 9.17) is 5.73 Å². The summed E-state index contributed by atoms with van der Waals surface area (Å²) in [5.74, 6) is -0.311. The first-order chi connectivity index (χ1) is 18.6. The third kappa shape index (κ3) is 5.79. The molecule has 208 valence electrons. The van der Waals surface area contributed by atoms with Gasteiger partial charge in [-0.25, -0.2) is 19.9 Å². The van der Waals surface area contributed by atoms with Crippen LogP contribution < -0.4 is 10.6 Å². The van der Waals surface area contributed by atoms with Crippen LogP contribution in [-0.2, 0) is 17.5 Å². The van der Waals surface area contributed by atoms with Gasteiger partial charge in [0, 0.05) is 51.2 Å². The van der Waals surface area contributed by atoms with Gasteiger partial charge < -0.3 is 20.1 Å². The van der Waals surface area contributed by atoms with Crippen molar-refractivity contribution in [2.24, 2.45) is 5.73 Å². The third-order valence-corrected chi connectivity index (χ3v) is 7.61. The van der Waals surface area contributed by atoms with Gasteiger partial charge in [-0.15, -0.1) is 0 Å². The number of imidazole rings is 1. The number of alkyl halides is 3. The molecule has 3 aromatic heterocycles. The Bertz CT molecular complexity index is 1340. The van der Waals surface area contributed by atoms with E-state index in [1.807, 2.05) is 9.47 Å². The maximum absolute atomic E-state index is 13.2. The lowest BCUT2D eigenvalue weighted by Crippen LogP contribution is -2.49. The quantitative estimate of drug-likeness (QED) is 0.477. The summed E-state index contributed by atoms with van der Waals surface area (Å²) < 4.78 is 40.3. The average Bonchev–Trinajstić information content (AvgIpc) is 3.54. The number of carbonyl (C=O) groups is 2. The zero-order valence-corrected chi connectivity index (χ0v) is 21.5. The van der Waals surface area contributed by atoms with Gasteiger partial charge in [0.1, 0.15) is 11.2 Å². The summed E-state index contributed by atoms with van der Waals surface area (Å²) in [5.41, 5.74) is 5.95. The summed E-state index contributed by atoms with van der Waals surface area (Å²) in [7, 11) is 1.81. The Morgan fingerprint density at radius 1 is 1.08 bits per heavy atom. The lowest BCUT2D eigenvalue weighted by Gasteiger charge is -2.37. The van der Waals surface area contributed by atoms with Crippen LogP contribution in [0, 0.1) is 0 Å². The van der Waals surface area contributed by atoms with Gasteiger partial charge in [-0.3, -0.25) is 14.5 Å². The number of likely N-dealkylation sites (tertiary alicyclic amines) is 1. The van der Waals surface area contributed by atoms with E-state index in [-0.39, 0.29) is 36.2 Å². The molecule has 1 unspecified atom stereocenters. The van der Waals surface area contributed by atoms with E-state index < -0.39 is 17.6 Å². The Balaban J connectivity index is 1.16. The van der Waals surface area contributed by atoms with E-state index in [1.165, 1.54) is 0 Å². The number of aromatic nitrogens is 5. The topological polar surface area (TPSA) is 126 Å². The Labute approximate surface area is 222 Å². The fourth-order valence-electron chi connectivity index (χ4n) is 5.32. The number of pyridine rings is 1. The van der Waals surface area contributed by atoms with Crippen molar-refractivity contribution in [1.82, 2.24) is 34.3 Å². The second kappa shape index (κ2) is 10.8. The van der Waals surface area contributed by atoms with Crippen molar-refractivity contribution in [2.75, 3.05) is 38.1 Å². The fourth-order valence-corrected chi connectivity index (χ4v) is 5.32. The van der Waals surface area contributed by atoms with Crippen molar-refractivity contribution in [3.63, 3.8) is 0 Å². The maximum Gasteiger partial charge on any atom is 0.419 e. The molecule has 2 saturated heterocycles. The van der Waals surface area contributed by atoms with Crippen LogP contribution in [0.4, 0.5) is 19.1 Å². The molecule has 2 aliphatic rings. The first-order valence-electron chi connectivity index (χ1n) is 12.9. The molecule has 2 N–H and O–H groups in total. The van der Waals surface area contributed by atoms with Crippen LogP contribution in [0.15, 0.2) is 30.9 Å². The summed E-state index contributed by atoms with van der Waals surface area (Å²) in [5, 5.41) is 0. The molecule has 3 aromatic rings. The molecule has 2 amide bonds. The van der Waals surface area contributed by atoms with Gasteiger partial charge in [0.25, 0.3) is 5.91 Å². The zero-order chi connectivity index (χ0) is 27.7. The van der Waals surface area contributed by atoms with Gasteiger partial charge in [0.15, 0.2) is 5.65 Å². The highest BCUT2D eigenvalue weighted by atomic mass is 19.4. The first-order valence-corrected chi connectivity index (χ1v) is 12.9. The van der Waals surface area contributed by atoms with Gasteiger partial charge in [0.2, 0.25) is 11.9 Å². The maximum atomic E-state index is 13.2. The molecule has 11 nitrogen and oxygen atoms in total. The summed E-state index contributed by atoms with van der Waals surface area (Å²) >= 11 is 0. The number of hydrogen-bond acceptors (Lipinski definition) is 8. The molecule has 0 aromatic carbocycles. The van der Waals surface area contributed by atoms with Crippen molar-refractivity contribution >= 4 is 28.9 Å². The molecule has 0 bridgehead atoms. The van der Waals surface area contributed by atoms with Crippen LogP contribution in [0.1, 0.15) is 41.7 Å². The largest absolute Gasteiger partial charge is 0.419 e. The molecular weight excluding hydrogens is 515 g/mol. The number of fused-ring (bicyclic) bond motifs is 1. The SMILES string of the molecule is CN(C(=O)CN1CCCC1Cn1cnc2ccc(C(N)=O)nc21)C1CCN(c2ncc(C(F)(F)F)cn2)CC1. The third-order valence-electron chi connectivity index (χ3n) is 7.61. The molecule has 14 heteroatoms. The molecule has 2 aliphatic heterocycles. The summed E-state index contributed by atoms with van der Waals surface area (Å²) in [6.45, 7) is 2.78. The Kier molecular flexibility index (Phi) is 7.38. The molecule has 0 saturated carbocycles. The monoisotopic (exact) mass is 545 g/mol. The van der Waals surface area contributed by atoms with Gasteiger partial charge in [0.05, 0.1) is 18.4 Å². The number of anilines is 1. The highest BCUT2D eigenvalue weighted by Crippen LogP contribution is 2.29. The molecule has 5 rings (SSSR count). The first kappa shape index (κ1) is 26.8. The summed E-state index contributed by atoms with van der Waals surface area (Å²) in [6, 6.07) is 3.42. The van der Waals surface area contributed by atoms with Crippen molar-refractivity contribution in [1.29, 1.82) is 0 Å². The van der Waals surface area contributed by atoms with E-state index >= 15 is 0 Å². The number of rotatable bonds is 7. The van der Waals surface area contributed by atoms with Gasteiger partial charge in [-0.2, -0.15) is 13.2 Å². The normalized spacial score (nSPS) is 19.1. The van der Waals surface area contributed by atoms with Crippen molar-refractivity contribution in [2.45, 2.75) is 50.5 Å². The Morgan fingerprint density at radius 3 is 2.46 bits per heavy atom. The number of primary amides is 1. The van der Waals surface area contributed by atoms with E-state index in [0.29, 0.717) is 43.6 Å². The number of amides is 2. The lowest BCUT2D eigenvalue weighted by atomic mass is 10.0. The van der Waals surface area contributed by atoms with E-state index in [1.54, 1.807) is 30.4 Å². The smallest absolute Gasteiger partial charge is 0.364 e. The highest BCUT2D eigenvalue weighted by molar-refractivity contribution is 5.92. The number of nitrogens with zero attached hydrogens (tertiary/aromatic N) is 8. The number of piperidine rings is 1. The van der Waals surface area contributed by atoms with Crippen LogP contribution in [0.3, 0.4) is 0 Å². The van der Waals surface area contributed by atoms with Crippen LogP contribution in [-0.4, -0.2) is 91.4 Å². The second-order valence-electron chi connectivity index (χ2n) is 10.1. The fraction of sp³-hybridized carbons (Fsp3) is 0.520. The van der Waals surface area contributed by atoms with E-state index in [2.05, 4.69) is 24.8 Å². The minimum Gasteiger partial charge on any atom is -0.364 e. The molecule has 1 atom stereocenters. The predicted molar refractivity (Wildman–Crippen MR) is 136 cm³/mol. The number of hydrogen-bond donors (Lipinski definition) is 1. The summed E-state index contributed by atoms with van der Waals surface area (Å²) in [4.78, 5) is 47.1. The molecular formula is C25H30F3N9O2. The number of carbonyl (C=O) groups excluding carboxylic acids is 2. The minimum absolute atomic E-state index is 0.0239. The van der Waals surface area contributed by atoms with Crippen molar-refractivity contribution < 1.29 is 22.8 Å². The predicted octanol–water partition coefficient (Wildman–Crippen LogP) is 1.93. The number of halogens is 3. The number of nitrogens with two attached hydrogens (primary N) is 1. The lowest BCUT2D eigenvalue weighted by molar-refractivity contribution is -0.138. The standard InChI is InChI=1S/C25H30F3N9O2/c1-34(17-6-9-35(10-7-17)24-30-11-16(12-31-24)25(26,27)28)21(38)14-36-8-2-3-18(36)13-37-15-32-20-5-4-19(22(29)39)33-23(20)37/h4-5,11-12,15,17-18H,2-3,6-10,13-14H2,1H3,(H2,29,39). The van der Waals surface area contributed by atoms with E-state index in [9.17, 15) is 22.8 Å². The van der Waals surface area contributed by atoms with Crippen molar-refractivity contribution in [3.05, 3.63) is 42.1 Å². The molecule has 0 spiro atoms. The average molecular weight is 546 g/mol. The van der Waals surface area contributed by atoms with E-state index in [0.717, 1.165) is 31.8 Å². The molecule has 0 radical (unpaired) electrons. The van der Waals surface area contributed by atoms with Crippen LogP contribution in [0.25, 0.3) is 11.2 Å². The van der Waals surface area contributed by atoms with Gasteiger partial charge in [-0.05, 0) is 44.4 Å². The van der Waals surface area contributed by atoms with Gasteiger partial charge in [-0.1, -0.05) is 0 Å². The number of likely N-dealkylation sites (N-methyl/N-ethyl adjacent to an activating group) is 1. The Hall–Kier alpha value is -3.81. The van der Waals surface area contributed by atoms with Crippen molar-refractivity contribution in [3.8, 4) is 0 Å². The molecule has 2 fully saturated rings. The molecule has 5 heterocycles. The van der Waals surface area contributed by atoms with Crippen LogP contribution in [0.5, 0.6) is 0 Å².